The van der Waals surface area contributed by atoms with Gasteiger partial charge in [0.15, 0.2) is 5.58 Å². The summed E-state index contributed by atoms with van der Waals surface area (Å²) in [6.07, 6.45) is 0. The number of H-pyrrole nitrogens is 1. The van der Waals surface area contributed by atoms with E-state index < -0.39 is 17.5 Å². The van der Waals surface area contributed by atoms with Crippen LogP contribution in [0, 0.1) is 6.92 Å². The number of ketones is 1. The summed E-state index contributed by atoms with van der Waals surface area (Å²) >= 11 is 0. The second kappa shape index (κ2) is 4.48. The van der Waals surface area contributed by atoms with Crippen molar-refractivity contribution in [3.8, 4) is 0 Å². The van der Waals surface area contributed by atoms with Gasteiger partial charge in [-0.2, -0.15) is 0 Å². The van der Waals surface area contributed by atoms with Gasteiger partial charge in [0, 0.05) is 0 Å². The monoisotopic (exact) mass is 249 g/mol. The highest BCUT2D eigenvalue weighted by atomic mass is 16.5. The lowest BCUT2D eigenvalue weighted by molar-refractivity contribution is -0.137. The number of hydrogen-bond donors (Lipinski definition) is 1. The van der Waals surface area contributed by atoms with E-state index in [1.54, 1.807) is 19.9 Å². The molecule has 0 fully saturated rings. The normalized spacial score (nSPS) is 10.6. The first-order valence-corrected chi connectivity index (χ1v) is 5.38. The highest BCUT2D eigenvalue weighted by Gasteiger charge is 2.22. The molecule has 0 aliphatic heterocycles. The van der Waals surface area contributed by atoms with Crippen LogP contribution in [0.4, 0.5) is 0 Å². The van der Waals surface area contributed by atoms with Gasteiger partial charge < -0.3 is 9.15 Å². The molecule has 6 heteroatoms. The summed E-state index contributed by atoms with van der Waals surface area (Å²) in [6, 6.07) is 3.06. The molecule has 0 aliphatic carbocycles. The zero-order chi connectivity index (χ0) is 13.3. The number of oxazole rings is 1. The molecule has 2 aromatic rings. The van der Waals surface area contributed by atoms with Crippen LogP contribution in [-0.4, -0.2) is 23.3 Å². The van der Waals surface area contributed by atoms with Crippen LogP contribution >= 0.6 is 0 Å². The van der Waals surface area contributed by atoms with Crippen molar-refractivity contribution in [2.45, 2.75) is 13.8 Å². The van der Waals surface area contributed by atoms with Crippen LogP contribution in [0.15, 0.2) is 21.3 Å². The van der Waals surface area contributed by atoms with Crippen LogP contribution < -0.4 is 5.76 Å². The Balaban J connectivity index is 2.58. The summed E-state index contributed by atoms with van der Waals surface area (Å²) in [4.78, 5) is 36.8. The van der Waals surface area contributed by atoms with Crippen molar-refractivity contribution in [2.75, 3.05) is 6.61 Å². The van der Waals surface area contributed by atoms with E-state index in [2.05, 4.69) is 9.72 Å². The average Bonchev–Trinajstić information content (AvgIpc) is 2.71. The van der Waals surface area contributed by atoms with Crippen molar-refractivity contribution in [2.24, 2.45) is 0 Å². The fourth-order valence-electron chi connectivity index (χ4n) is 1.65. The molecule has 0 atom stereocenters. The molecule has 1 N–H and O–H groups in total. The molecule has 0 spiro atoms. The Kier molecular flexibility index (Phi) is 3.01. The number of carbonyl (C=O) groups is 2. The van der Waals surface area contributed by atoms with Gasteiger partial charge in [-0.05, 0) is 25.5 Å². The standard InChI is InChI=1S/C12H11NO5/c1-3-17-11(15)9(14)7-5-4-6(2)8-10(7)18-12(16)13-8/h4-5H,3H2,1-2H3,(H,13,16). The molecule has 18 heavy (non-hydrogen) atoms. The third kappa shape index (κ3) is 1.92. The molecule has 0 saturated heterocycles. The predicted octanol–water partition coefficient (Wildman–Crippen LogP) is 1.18. The van der Waals surface area contributed by atoms with Crippen molar-refractivity contribution >= 4 is 22.9 Å². The lowest BCUT2D eigenvalue weighted by atomic mass is 10.1. The van der Waals surface area contributed by atoms with Gasteiger partial charge in [0.1, 0.15) is 0 Å². The molecular formula is C12H11NO5. The molecule has 0 aliphatic rings. The minimum absolute atomic E-state index is 0.0207. The predicted molar refractivity (Wildman–Crippen MR) is 62.5 cm³/mol. The fraction of sp³-hybridized carbons (Fsp3) is 0.250. The summed E-state index contributed by atoms with van der Waals surface area (Å²) < 4.78 is 9.52. The molecule has 1 aromatic carbocycles. The van der Waals surface area contributed by atoms with E-state index in [0.29, 0.717) is 5.52 Å². The summed E-state index contributed by atoms with van der Waals surface area (Å²) in [5, 5.41) is 0. The van der Waals surface area contributed by atoms with E-state index in [4.69, 9.17) is 4.42 Å². The zero-order valence-corrected chi connectivity index (χ0v) is 9.90. The quantitative estimate of drug-likeness (QED) is 0.501. The van der Waals surface area contributed by atoms with E-state index in [9.17, 15) is 14.4 Å². The van der Waals surface area contributed by atoms with Gasteiger partial charge in [-0.25, -0.2) is 9.59 Å². The van der Waals surface area contributed by atoms with E-state index in [1.165, 1.54) is 6.07 Å². The number of ether oxygens (including phenoxy) is 1. The Hall–Kier alpha value is -2.37. The van der Waals surface area contributed by atoms with E-state index in [0.717, 1.165) is 5.56 Å². The second-order valence-electron chi connectivity index (χ2n) is 3.70. The molecule has 1 aromatic heterocycles. The van der Waals surface area contributed by atoms with Crippen molar-refractivity contribution < 1.29 is 18.7 Å². The lowest BCUT2D eigenvalue weighted by Gasteiger charge is -2.02. The van der Waals surface area contributed by atoms with E-state index in [1.807, 2.05) is 0 Å². The smallest absolute Gasteiger partial charge is 0.417 e. The van der Waals surface area contributed by atoms with Gasteiger partial charge in [0.25, 0.3) is 5.78 Å². The maximum atomic E-state index is 11.8. The molecule has 0 bridgehead atoms. The second-order valence-corrected chi connectivity index (χ2v) is 3.70. The number of benzene rings is 1. The summed E-state index contributed by atoms with van der Waals surface area (Å²) in [6.45, 7) is 3.47. The van der Waals surface area contributed by atoms with Gasteiger partial charge in [0.2, 0.25) is 0 Å². The topological polar surface area (TPSA) is 89.4 Å². The molecule has 0 saturated carbocycles. The van der Waals surface area contributed by atoms with Crippen LogP contribution in [0.25, 0.3) is 11.1 Å². The first kappa shape index (κ1) is 12.1. The molecule has 1 heterocycles. The molecule has 2 rings (SSSR count). The summed E-state index contributed by atoms with van der Waals surface area (Å²) in [5.74, 6) is -2.46. The Morgan fingerprint density at radius 1 is 1.39 bits per heavy atom. The number of aromatic amines is 1. The average molecular weight is 249 g/mol. The number of rotatable bonds is 3. The fourth-order valence-corrected chi connectivity index (χ4v) is 1.65. The number of nitrogens with one attached hydrogen (secondary N) is 1. The zero-order valence-electron chi connectivity index (χ0n) is 9.90. The number of aromatic nitrogens is 1. The number of fused-ring (bicyclic) bond motifs is 1. The number of esters is 1. The largest absolute Gasteiger partial charge is 0.460 e. The maximum absolute atomic E-state index is 11.8. The highest BCUT2D eigenvalue weighted by molar-refractivity contribution is 6.42. The van der Waals surface area contributed by atoms with Crippen molar-refractivity contribution in [1.29, 1.82) is 0 Å². The van der Waals surface area contributed by atoms with Gasteiger partial charge in [-0.1, -0.05) is 6.07 Å². The lowest BCUT2D eigenvalue weighted by Crippen LogP contribution is -2.17. The van der Waals surface area contributed by atoms with Crippen LogP contribution in [0.1, 0.15) is 22.8 Å². The number of hydrogen-bond acceptors (Lipinski definition) is 5. The maximum Gasteiger partial charge on any atom is 0.417 e. The molecular weight excluding hydrogens is 238 g/mol. The third-order valence-electron chi connectivity index (χ3n) is 2.49. The van der Waals surface area contributed by atoms with Crippen molar-refractivity contribution in [1.82, 2.24) is 4.98 Å². The Morgan fingerprint density at radius 3 is 2.78 bits per heavy atom. The van der Waals surface area contributed by atoms with E-state index in [-0.39, 0.29) is 17.8 Å². The molecule has 6 nitrogen and oxygen atoms in total. The SMILES string of the molecule is CCOC(=O)C(=O)c1ccc(C)c2[nH]c(=O)oc12. The van der Waals surface area contributed by atoms with Crippen molar-refractivity contribution in [3.63, 3.8) is 0 Å². The van der Waals surface area contributed by atoms with Crippen molar-refractivity contribution in [3.05, 3.63) is 33.8 Å². The first-order chi connectivity index (χ1) is 8.54. The molecule has 0 unspecified atom stereocenters. The Morgan fingerprint density at radius 2 is 2.11 bits per heavy atom. The van der Waals surface area contributed by atoms with Gasteiger partial charge in [-0.15, -0.1) is 0 Å². The van der Waals surface area contributed by atoms with Crippen LogP contribution in [-0.2, 0) is 9.53 Å². The molecule has 0 radical (unpaired) electrons. The summed E-state index contributed by atoms with van der Waals surface area (Å²) in [5.41, 5.74) is 1.26. The van der Waals surface area contributed by atoms with Crippen LogP contribution in [0.2, 0.25) is 0 Å². The number of aryl methyl sites for hydroxylation is 1. The van der Waals surface area contributed by atoms with Crippen LogP contribution in [0.3, 0.4) is 0 Å². The number of carbonyl (C=O) groups excluding carboxylic acids is 2. The van der Waals surface area contributed by atoms with E-state index >= 15 is 0 Å². The van der Waals surface area contributed by atoms with Gasteiger partial charge >= 0.3 is 11.7 Å². The molecule has 94 valence electrons. The minimum Gasteiger partial charge on any atom is -0.460 e. The first-order valence-electron chi connectivity index (χ1n) is 5.38. The highest BCUT2D eigenvalue weighted by Crippen LogP contribution is 2.20. The molecule has 0 amide bonds. The minimum atomic E-state index is -0.966. The summed E-state index contributed by atoms with van der Waals surface area (Å²) in [7, 11) is 0. The Labute approximate surface area is 102 Å². The Bertz CT molecular complexity index is 679. The van der Waals surface area contributed by atoms with Gasteiger partial charge in [0.05, 0.1) is 17.7 Å². The number of Topliss-reactive ketones (excluding diaryl/α,β-unsaturated/α-hetero) is 1. The van der Waals surface area contributed by atoms with Crippen LogP contribution in [0.5, 0.6) is 0 Å². The van der Waals surface area contributed by atoms with Gasteiger partial charge in [-0.3, -0.25) is 9.78 Å². The third-order valence-corrected chi connectivity index (χ3v) is 2.49.